The number of nitrogens with two attached hydrogens (primary N) is 1. The van der Waals surface area contributed by atoms with Gasteiger partial charge in [0.05, 0.1) is 0 Å². The fourth-order valence-electron chi connectivity index (χ4n) is 2.32. The number of ether oxygens (including phenoxy) is 2. The first kappa shape index (κ1) is 9.58. The van der Waals surface area contributed by atoms with Crippen molar-refractivity contribution in [2.75, 3.05) is 12.5 Å². The Morgan fingerprint density at radius 2 is 1.88 bits per heavy atom. The third-order valence-electron chi connectivity index (χ3n) is 3.18. The van der Waals surface area contributed by atoms with E-state index in [1.807, 2.05) is 12.1 Å². The summed E-state index contributed by atoms with van der Waals surface area (Å²) in [7, 11) is 0. The maximum Gasteiger partial charge on any atom is 0.231 e. The van der Waals surface area contributed by atoms with Gasteiger partial charge in [-0.15, -0.1) is 0 Å². The summed E-state index contributed by atoms with van der Waals surface area (Å²) >= 11 is 0. The van der Waals surface area contributed by atoms with Crippen LogP contribution in [0.5, 0.6) is 11.5 Å². The Bertz CT molecular complexity index is 451. The van der Waals surface area contributed by atoms with E-state index in [4.69, 9.17) is 15.2 Å². The Morgan fingerprint density at radius 1 is 1.06 bits per heavy atom. The van der Waals surface area contributed by atoms with Crippen LogP contribution in [-0.4, -0.2) is 6.79 Å². The van der Waals surface area contributed by atoms with Crippen LogP contribution in [0.15, 0.2) is 18.2 Å². The van der Waals surface area contributed by atoms with Gasteiger partial charge in [-0.3, -0.25) is 0 Å². The van der Waals surface area contributed by atoms with E-state index in [-0.39, 0.29) is 0 Å². The van der Waals surface area contributed by atoms with E-state index in [1.54, 1.807) is 0 Å². The molecule has 84 valence electrons. The highest BCUT2D eigenvalue weighted by molar-refractivity contribution is 5.78. The van der Waals surface area contributed by atoms with Crippen LogP contribution >= 0.6 is 0 Å². The number of hydrogen-bond donors (Lipinski definition) is 1. The predicted molar refractivity (Wildman–Crippen MR) is 63.4 cm³/mol. The van der Waals surface area contributed by atoms with Gasteiger partial charge in [-0.05, 0) is 37.3 Å². The summed E-state index contributed by atoms with van der Waals surface area (Å²) in [6.45, 7) is 0.303. The first-order valence-electron chi connectivity index (χ1n) is 5.73. The van der Waals surface area contributed by atoms with Crippen molar-refractivity contribution in [3.05, 3.63) is 23.8 Å². The first-order valence-corrected chi connectivity index (χ1v) is 5.73. The molecule has 1 aromatic rings. The van der Waals surface area contributed by atoms with Crippen molar-refractivity contribution in [1.29, 1.82) is 0 Å². The van der Waals surface area contributed by atoms with Crippen molar-refractivity contribution < 1.29 is 9.47 Å². The number of benzene rings is 1. The third kappa shape index (κ3) is 1.52. The van der Waals surface area contributed by atoms with Gasteiger partial charge in [-0.25, -0.2) is 0 Å². The standard InChI is InChI=1S/C13H15NO2/c14-11-7-13-12(15-8-16-13)6-10(11)9-4-2-1-3-5-9/h4,6-7H,1-3,5,8,14H2. The second-order valence-corrected chi connectivity index (χ2v) is 4.27. The lowest BCUT2D eigenvalue weighted by Crippen LogP contribution is -1.97. The van der Waals surface area contributed by atoms with Crippen LogP contribution in [0.2, 0.25) is 0 Å². The van der Waals surface area contributed by atoms with E-state index < -0.39 is 0 Å². The fourth-order valence-corrected chi connectivity index (χ4v) is 2.32. The Kier molecular flexibility index (Phi) is 2.24. The van der Waals surface area contributed by atoms with Crippen LogP contribution in [0.1, 0.15) is 31.2 Å². The summed E-state index contributed by atoms with van der Waals surface area (Å²) in [6, 6.07) is 3.88. The molecule has 0 fully saturated rings. The summed E-state index contributed by atoms with van der Waals surface area (Å²) in [5, 5.41) is 0. The van der Waals surface area contributed by atoms with Crippen molar-refractivity contribution in [1.82, 2.24) is 0 Å². The highest BCUT2D eigenvalue weighted by Crippen LogP contribution is 2.40. The van der Waals surface area contributed by atoms with Gasteiger partial charge in [0.2, 0.25) is 6.79 Å². The average molecular weight is 217 g/mol. The Labute approximate surface area is 94.9 Å². The molecule has 0 bridgehead atoms. The second-order valence-electron chi connectivity index (χ2n) is 4.27. The molecule has 16 heavy (non-hydrogen) atoms. The number of fused-ring (bicyclic) bond motifs is 1. The highest BCUT2D eigenvalue weighted by atomic mass is 16.7. The number of anilines is 1. The van der Waals surface area contributed by atoms with Crippen molar-refractivity contribution in [3.8, 4) is 11.5 Å². The van der Waals surface area contributed by atoms with Gasteiger partial charge in [-0.1, -0.05) is 6.08 Å². The van der Waals surface area contributed by atoms with Gasteiger partial charge in [0.1, 0.15) is 0 Å². The van der Waals surface area contributed by atoms with Gasteiger partial charge < -0.3 is 15.2 Å². The topological polar surface area (TPSA) is 44.5 Å². The lowest BCUT2D eigenvalue weighted by Gasteiger charge is -2.15. The summed E-state index contributed by atoms with van der Waals surface area (Å²) in [4.78, 5) is 0. The van der Waals surface area contributed by atoms with Crippen LogP contribution in [0.3, 0.4) is 0 Å². The predicted octanol–water partition coefficient (Wildman–Crippen LogP) is 2.95. The molecular weight excluding hydrogens is 202 g/mol. The zero-order valence-electron chi connectivity index (χ0n) is 9.16. The number of rotatable bonds is 1. The minimum atomic E-state index is 0.303. The normalized spacial score (nSPS) is 18.4. The van der Waals surface area contributed by atoms with E-state index in [2.05, 4.69) is 6.08 Å². The molecule has 3 heteroatoms. The van der Waals surface area contributed by atoms with E-state index in [1.165, 1.54) is 18.4 Å². The van der Waals surface area contributed by atoms with Gasteiger partial charge >= 0.3 is 0 Å². The molecule has 1 aliphatic heterocycles. The molecule has 0 spiro atoms. The highest BCUT2D eigenvalue weighted by Gasteiger charge is 2.18. The van der Waals surface area contributed by atoms with Crippen LogP contribution in [0.4, 0.5) is 5.69 Å². The molecule has 2 aliphatic rings. The van der Waals surface area contributed by atoms with Crippen molar-refractivity contribution in [2.45, 2.75) is 25.7 Å². The van der Waals surface area contributed by atoms with Crippen LogP contribution < -0.4 is 15.2 Å². The lowest BCUT2D eigenvalue weighted by molar-refractivity contribution is 0.174. The average Bonchev–Trinajstić information content (AvgIpc) is 2.76. The maximum absolute atomic E-state index is 6.05. The molecule has 0 aromatic heterocycles. The molecule has 1 heterocycles. The fraction of sp³-hybridized carbons (Fsp3) is 0.385. The minimum absolute atomic E-state index is 0.303. The van der Waals surface area contributed by atoms with Crippen LogP contribution in [0.25, 0.3) is 5.57 Å². The maximum atomic E-state index is 6.05. The second kappa shape index (κ2) is 3.74. The molecule has 0 unspecified atom stereocenters. The van der Waals surface area contributed by atoms with Gasteiger partial charge in [0.15, 0.2) is 11.5 Å². The Morgan fingerprint density at radius 3 is 2.62 bits per heavy atom. The summed E-state index contributed by atoms with van der Waals surface area (Å²) in [5.41, 5.74) is 9.30. The SMILES string of the molecule is Nc1cc2c(cc1C1=CCCCC1)OCO2. The van der Waals surface area contributed by atoms with E-state index in [0.29, 0.717) is 6.79 Å². The van der Waals surface area contributed by atoms with E-state index in [9.17, 15) is 0 Å². The van der Waals surface area contributed by atoms with Crippen molar-refractivity contribution in [3.63, 3.8) is 0 Å². The van der Waals surface area contributed by atoms with E-state index >= 15 is 0 Å². The molecule has 2 N–H and O–H groups in total. The van der Waals surface area contributed by atoms with Crippen molar-refractivity contribution >= 4 is 11.3 Å². The van der Waals surface area contributed by atoms with Gasteiger partial charge in [-0.2, -0.15) is 0 Å². The molecule has 1 aliphatic carbocycles. The number of allylic oxidation sites excluding steroid dienone is 2. The molecule has 3 rings (SSSR count). The van der Waals surface area contributed by atoms with Crippen LogP contribution in [-0.2, 0) is 0 Å². The Hall–Kier alpha value is -1.64. The molecule has 0 saturated carbocycles. The molecule has 3 nitrogen and oxygen atoms in total. The third-order valence-corrected chi connectivity index (χ3v) is 3.18. The summed E-state index contributed by atoms with van der Waals surface area (Å²) in [6.07, 6.45) is 7.10. The monoisotopic (exact) mass is 217 g/mol. The molecule has 0 amide bonds. The minimum Gasteiger partial charge on any atom is -0.454 e. The zero-order chi connectivity index (χ0) is 11.0. The Balaban J connectivity index is 2.03. The quantitative estimate of drug-likeness (QED) is 0.735. The van der Waals surface area contributed by atoms with Gasteiger partial charge in [0, 0.05) is 17.3 Å². The van der Waals surface area contributed by atoms with Gasteiger partial charge in [0.25, 0.3) is 0 Å². The van der Waals surface area contributed by atoms with Crippen molar-refractivity contribution in [2.24, 2.45) is 0 Å². The number of hydrogen-bond acceptors (Lipinski definition) is 3. The van der Waals surface area contributed by atoms with Crippen LogP contribution in [0, 0.1) is 0 Å². The molecular formula is C13H15NO2. The largest absolute Gasteiger partial charge is 0.454 e. The first-order chi connectivity index (χ1) is 7.84. The van der Waals surface area contributed by atoms with E-state index in [0.717, 1.165) is 35.6 Å². The molecule has 0 radical (unpaired) electrons. The number of nitrogen functional groups attached to an aromatic ring is 1. The summed E-state index contributed by atoms with van der Waals surface area (Å²) in [5.74, 6) is 1.58. The molecule has 1 aromatic carbocycles. The smallest absolute Gasteiger partial charge is 0.231 e. The lowest BCUT2D eigenvalue weighted by atomic mass is 9.92. The summed E-state index contributed by atoms with van der Waals surface area (Å²) < 4.78 is 10.7. The molecule has 0 atom stereocenters. The zero-order valence-corrected chi connectivity index (χ0v) is 9.16. The molecule has 0 saturated heterocycles.